The lowest BCUT2D eigenvalue weighted by Gasteiger charge is -2.27. The van der Waals surface area contributed by atoms with Gasteiger partial charge in [-0.1, -0.05) is 6.07 Å². The molecule has 1 aromatic heterocycles. The molecule has 0 radical (unpaired) electrons. The van der Waals surface area contributed by atoms with Crippen molar-refractivity contribution in [2.45, 2.75) is 24.4 Å². The molecule has 0 saturated carbocycles. The van der Waals surface area contributed by atoms with Crippen LogP contribution < -0.4 is 11.1 Å². The monoisotopic (exact) mass is 532 g/mol. The van der Waals surface area contributed by atoms with E-state index in [0.29, 0.717) is 42.8 Å². The minimum Gasteiger partial charge on any atom is -0.398 e. The van der Waals surface area contributed by atoms with Crippen molar-refractivity contribution in [3.05, 3.63) is 70.4 Å². The number of nitrogens with zero attached hydrogens (tertiary/aromatic N) is 3. The summed E-state index contributed by atoms with van der Waals surface area (Å²) in [7, 11) is -4.18. The topological polar surface area (TPSA) is 134 Å². The van der Waals surface area contributed by atoms with Gasteiger partial charge in [-0.15, -0.1) is 0 Å². The number of anilines is 2. The number of aromatic nitrogens is 2. The fourth-order valence-corrected chi connectivity index (χ4v) is 5.97. The Kier molecular flexibility index (Phi) is 6.94. The van der Waals surface area contributed by atoms with Crippen molar-refractivity contribution in [3.63, 3.8) is 0 Å². The third-order valence-corrected chi connectivity index (χ3v) is 8.30. The summed E-state index contributed by atoms with van der Waals surface area (Å²) in [5.74, 6) is -2.29. The lowest BCUT2D eigenvalue weighted by Crippen LogP contribution is -2.36. The number of nitrogens with two attached hydrogens (primary N) is 1. The van der Waals surface area contributed by atoms with Gasteiger partial charge in [-0.05, 0) is 29.8 Å². The molecule has 0 bridgehead atoms. The molecule has 13 heteroatoms. The Morgan fingerprint density at radius 3 is 2.54 bits per heavy atom. The van der Waals surface area contributed by atoms with Gasteiger partial charge in [-0.25, -0.2) is 17.2 Å². The quantitative estimate of drug-likeness (QED) is 0.414. The number of amides is 1. The number of hydrogen-bond donors (Lipinski definition) is 3. The number of ether oxygens (including phenoxy) is 1. The fourth-order valence-electron chi connectivity index (χ4n) is 4.52. The van der Waals surface area contributed by atoms with Crippen molar-refractivity contribution >= 4 is 27.4 Å². The second-order valence-electron chi connectivity index (χ2n) is 8.99. The molecule has 3 aromatic rings. The van der Waals surface area contributed by atoms with Gasteiger partial charge < -0.3 is 15.8 Å². The maximum Gasteiger partial charge on any atom is 0.258 e. The Morgan fingerprint density at radius 2 is 1.84 bits per heavy atom. The lowest BCUT2D eigenvalue weighted by molar-refractivity contribution is 0.0342. The van der Waals surface area contributed by atoms with E-state index in [-0.39, 0.29) is 30.9 Å². The number of nitrogen functional groups attached to an aromatic ring is 1. The SMILES string of the molecule is Nc1cc(CN2CCOCC2)ccc1C(=O)Nc1n[nH]c2c1CN(S(=O)(=O)c1cc(F)cc(F)c1)CC2. The number of carbonyl (C=O) groups excluding carboxylic acids is 1. The number of hydrogen-bond acceptors (Lipinski definition) is 7. The minimum absolute atomic E-state index is 0.0839. The third-order valence-electron chi connectivity index (χ3n) is 6.47. The fraction of sp³-hybridized carbons (Fsp3) is 0.333. The maximum absolute atomic E-state index is 13.7. The highest BCUT2D eigenvalue weighted by atomic mass is 32.2. The van der Waals surface area contributed by atoms with Gasteiger partial charge in [0.25, 0.3) is 5.91 Å². The summed E-state index contributed by atoms with van der Waals surface area (Å²) in [5, 5.41) is 9.68. The summed E-state index contributed by atoms with van der Waals surface area (Å²) in [5.41, 5.74) is 8.87. The molecule has 4 N–H and O–H groups in total. The van der Waals surface area contributed by atoms with Gasteiger partial charge in [0.1, 0.15) is 11.6 Å². The largest absolute Gasteiger partial charge is 0.398 e. The summed E-state index contributed by atoms with van der Waals surface area (Å²) < 4.78 is 59.9. The van der Waals surface area contributed by atoms with Gasteiger partial charge in [0.05, 0.1) is 23.7 Å². The molecular weight excluding hydrogens is 506 g/mol. The molecule has 0 spiro atoms. The maximum atomic E-state index is 13.7. The first-order chi connectivity index (χ1) is 17.7. The number of nitrogens with one attached hydrogen (secondary N) is 2. The van der Waals surface area contributed by atoms with Crippen molar-refractivity contribution < 1.29 is 26.7 Å². The van der Waals surface area contributed by atoms with E-state index < -0.39 is 32.5 Å². The Labute approximate surface area is 212 Å². The molecule has 37 heavy (non-hydrogen) atoms. The normalized spacial score (nSPS) is 16.9. The van der Waals surface area contributed by atoms with E-state index in [1.807, 2.05) is 6.07 Å². The smallest absolute Gasteiger partial charge is 0.258 e. The van der Waals surface area contributed by atoms with Crippen LogP contribution in [-0.2, 0) is 34.3 Å². The Morgan fingerprint density at radius 1 is 1.11 bits per heavy atom. The zero-order chi connectivity index (χ0) is 26.2. The molecule has 1 amide bonds. The number of halogens is 2. The van der Waals surface area contributed by atoms with Crippen LogP contribution >= 0.6 is 0 Å². The van der Waals surface area contributed by atoms with Gasteiger partial charge in [-0.3, -0.25) is 14.8 Å². The Balaban J connectivity index is 1.31. The summed E-state index contributed by atoms with van der Waals surface area (Å²) in [4.78, 5) is 14.8. The lowest BCUT2D eigenvalue weighted by atomic mass is 10.1. The van der Waals surface area contributed by atoms with E-state index in [4.69, 9.17) is 10.5 Å². The number of sulfonamides is 1. The molecule has 0 atom stereocenters. The van der Waals surface area contributed by atoms with Crippen LogP contribution in [0.1, 0.15) is 27.2 Å². The van der Waals surface area contributed by atoms with Crippen molar-refractivity contribution in [2.75, 3.05) is 43.9 Å². The summed E-state index contributed by atoms with van der Waals surface area (Å²) in [6.45, 7) is 3.67. The Hall–Kier alpha value is -3.39. The zero-order valence-corrected chi connectivity index (χ0v) is 20.7. The molecule has 10 nitrogen and oxygen atoms in total. The van der Waals surface area contributed by atoms with Crippen molar-refractivity contribution in [3.8, 4) is 0 Å². The first kappa shape index (κ1) is 25.3. The van der Waals surface area contributed by atoms with Crippen LogP contribution in [-0.4, -0.2) is 66.6 Å². The average Bonchev–Trinajstić information content (AvgIpc) is 3.26. The van der Waals surface area contributed by atoms with Crippen LogP contribution in [0.15, 0.2) is 41.3 Å². The highest BCUT2D eigenvalue weighted by Crippen LogP contribution is 2.29. The highest BCUT2D eigenvalue weighted by Gasteiger charge is 2.32. The number of carbonyl (C=O) groups is 1. The molecular formula is C24H26F2N6O4S. The molecule has 0 aliphatic carbocycles. The number of morpholine rings is 1. The second-order valence-corrected chi connectivity index (χ2v) is 10.9. The molecule has 3 heterocycles. The molecule has 1 saturated heterocycles. The second kappa shape index (κ2) is 10.2. The third kappa shape index (κ3) is 5.34. The van der Waals surface area contributed by atoms with Crippen molar-refractivity contribution in [1.29, 1.82) is 0 Å². The van der Waals surface area contributed by atoms with Gasteiger partial charge >= 0.3 is 0 Å². The number of rotatable bonds is 6. The van der Waals surface area contributed by atoms with Crippen LogP contribution in [0, 0.1) is 11.6 Å². The van der Waals surface area contributed by atoms with E-state index in [1.54, 1.807) is 12.1 Å². The van der Waals surface area contributed by atoms with Crippen LogP contribution in [0.25, 0.3) is 0 Å². The van der Waals surface area contributed by atoms with Crippen LogP contribution in [0.5, 0.6) is 0 Å². The minimum atomic E-state index is -4.18. The number of fused-ring (bicyclic) bond motifs is 1. The van der Waals surface area contributed by atoms with Gasteiger partial charge in [-0.2, -0.15) is 9.40 Å². The van der Waals surface area contributed by atoms with Crippen LogP contribution in [0.2, 0.25) is 0 Å². The predicted molar refractivity (Wildman–Crippen MR) is 131 cm³/mol. The first-order valence-corrected chi connectivity index (χ1v) is 13.2. The predicted octanol–water partition coefficient (Wildman–Crippen LogP) is 2.10. The molecule has 1 fully saturated rings. The van der Waals surface area contributed by atoms with E-state index in [2.05, 4.69) is 20.4 Å². The van der Waals surface area contributed by atoms with Crippen molar-refractivity contribution in [2.24, 2.45) is 0 Å². The zero-order valence-electron chi connectivity index (χ0n) is 19.8. The molecule has 2 aliphatic heterocycles. The van der Waals surface area contributed by atoms with Gasteiger partial charge in [0.2, 0.25) is 10.0 Å². The van der Waals surface area contributed by atoms with Gasteiger partial charge in [0.15, 0.2) is 5.82 Å². The van der Waals surface area contributed by atoms with E-state index >= 15 is 0 Å². The molecule has 196 valence electrons. The number of aromatic amines is 1. The number of benzene rings is 2. The van der Waals surface area contributed by atoms with Crippen LogP contribution in [0.3, 0.4) is 0 Å². The average molecular weight is 533 g/mol. The highest BCUT2D eigenvalue weighted by molar-refractivity contribution is 7.89. The molecule has 2 aromatic carbocycles. The van der Waals surface area contributed by atoms with E-state index in [0.717, 1.165) is 35.1 Å². The van der Waals surface area contributed by atoms with E-state index in [9.17, 15) is 22.0 Å². The standard InChI is InChI=1S/C24H26F2N6O4S/c25-16-10-17(26)12-18(11-16)37(34,35)32-4-3-22-20(14-32)23(30-29-22)28-24(33)19-2-1-15(9-21(19)27)13-31-5-7-36-8-6-31/h1-2,9-12H,3-8,13-14,27H2,(H2,28,29,30,33). The van der Waals surface area contributed by atoms with E-state index in [1.165, 1.54) is 0 Å². The van der Waals surface area contributed by atoms with Crippen LogP contribution in [0.4, 0.5) is 20.3 Å². The first-order valence-electron chi connectivity index (χ1n) is 11.7. The summed E-state index contributed by atoms with van der Waals surface area (Å²) >= 11 is 0. The summed E-state index contributed by atoms with van der Waals surface area (Å²) in [6, 6.07) is 7.41. The Bertz CT molecular complexity index is 1420. The van der Waals surface area contributed by atoms with Crippen molar-refractivity contribution in [1.82, 2.24) is 19.4 Å². The molecule has 0 unspecified atom stereocenters. The number of H-pyrrole nitrogens is 1. The molecule has 5 rings (SSSR count). The van der Waals surface area contributed by atoms with Gasteiger partial charge in [0, 0.05) is 62.2 Å². The summed E-state index contributed by atoms with van der Waals surface area (Å²) in [6.07, 6.45) is 0.285. The molecule has 2 aliphatic rings.